The summed E-state index contributed by atoms with van der Waals surface area (Å²) < 4.78 is 5.36. The van der Waals surface area contributed by atoms with Crippen LogP contribution in [0.25, 0.3) is 6.08 Å². The van der Waals surface area contributed by atoms with Crippen LogP contribution in [0.2, 0.25) is 0 Å². The highest BCUT2D eigenvalue weighted by molar-refractivity contribution is 7.13. The molecular formula is C15H16N2O2S. The van der Waals surface area contributed by atoms with Gasteiger partial charge in [-0.25, -0.2) is 4.98 Å². The highest BCUT2D eigenvalue weighted by atomic mass is 32.1. The molecule has 0 aliphatic heterocycles. The Balaban J connectivity index is 1.93. The number of nitrogens with zero attached hydrogens (tertiary/aromatic N) is 1. The fraction of sp³-hybridized carbons (Fsp3) is 0.200. The smallest absolute Gasteiger partial charge is 0.250 e. The van der Waals surface area contributed by atoms with Crippen molar-refractivity contribution in [2.45, 2.75) is 13.8 Å². The van der Waals surface area contributed by atoms with Crippen LogP contribution in [-0.4, -0.2) is 17.5 Å². The molecule has 1 amide bonds. The van der Waals surface area contributed by atoms with Crippen molar-refractivity contribution in [1.82, 2.24) is 4.98 Å². The zero-order valence-electron chi connectivity index (χ0n) is 11.4. The van der Waals surface area contributed by atoms with Crippen molar-refractivity contribution in [3.63, 3.8) is 0 Å². The molecule has 4 nitrogen and oxygen atoms in total. The molecule has 20 heavy (non-hydrogen) atoms. The third kappa shape index (κ3) is 4.20. The molecule has 2 aromatic rings. The average molecular weight is 288 g/mol. The first-order valence-corrected chi connectivity index (χ1v) is 7.19. The number of benzene rings is 1. The Kier molecular flexibility index (Phi) is 4.90. The number of ether oxygens (including phenoxy) is 1. The number of amides is 1. The molecule has 1 N–H and O–H groups in total. The Bertz CT molecular complexity index is 603. The van der Waals surface area contributed by atoms with E-state index in [0.717, 1.165) is 17.0 Å². The van der Waals surface area contributed by atoms with E-state index in [4.69, 9.17) is 4.74 Å². The minimum Gasteiger partial charge on any atom is -0.494 e. The van der Waals surface area contributed by atoms with Crippen molar-refractivity contribution in [2.24, 2.45) is 0 Å². The third-order valence-electron chi connectivity index (χ3n) is 2.47. The van der Waals surface area contributed by atoms with Crippen LogP contribution in [0.1, 0.15) is 18.2 Å². The van der Waals surface area contributed by atoms with E-state index in [0.29, 0.717) is 11.7 Å². The largest absolute Gasteiger partial charge is 0.494 e. The summed E-state index contributed by atoms with van der Waals surface area (Å²) in [6.45, 7) is 4.48. The average Bonchev–Trinajstić information content (AvgIpc) is 2.84. The monoisotopic (exact) mass is 288 g/mol. The van der Waals surface area contributed by atoms with Gasteiger partial charge in [-0.3, -0.25) is 10.1 Å². The number of carbonyl (C=O) groups is 1. The molecule has 0 fully saturated rings. The number of nitrogens with one attached hydrogen (secondary N) is 1. The molecule has 0 spiro atoms. The number of carbonyl (C=O) groups excluding carboxylic acids is 1. The molecule has 1 aromatic heterocycles. The Morgan fingerprint density at radius 2 is 2.15 bits per heavy atom. The van der Waals surface area contributed by atoms with Crippen molar-refractivity contribution < 1.29 is 9.53 Å². The number of thiazole rings is 1. The number of aryl methyl sites for hydroxylation is 1. The first-order chi connectivity index (χ1) is 9.67. The molecule has 1 aromatic carbocycles. The summed E-state index contributed by atoms with van der Waals surface area (Å²) in [6.07, 6.45) is 3.25. The van der Waals surface area contributed by atoms with Gasteiger partial charge in [0.05, 0.1) is 12.3 Å². The minimum atomic E-state index is -0.187. The number of hydrogen-bond donors (Lipinski definition) is 1. The number of rotatable bonds is 5. The van der Waals surface area contributed by atoms with Crippen LogP contribution in [0.3, 0.4) is 0 Å². The second-order valence-corrected chi connectivity index (χ2v) is 4.98. The molecule has 0 bridgehead atoms. The lowest BCUT2D eigenvalue weighted by atomic mass is 10.2. The van der Waals surface area contributed by atoms with Gasteiger partial charge in [0.2, 0.25) is 5.91 Å². The second kappa shape index (κ2) is 6.86. The van der Waals surface area contributed by atoms with Gasteiger partial charge in [-0.1, -0.05) is 12.1 Å². The van der Waals surface area contributed by atoms with Gasteiger partial charge in [-0.2, -0.15) is 0 Å². The lowest BCUT2D eigenvalue weighted by Gasteiger charge is -2.02. The summed E-state index contributed by atoms with van der Waals surface area (Å²) in [7, 11) is 0. The number of hydrogen-bond acceptors (Lipinski definition) is 4. The first-order valence-electron chi connectivity index (χ1n) is 6.31. The van der Waals surface area contributed by atoms with Crippen LogP contribution in [0.4, 0.5) is 5.13 Å². The molecule has 0 saturated carbocycles. The molecule has 1 heterocycles. The van der Waals surface area contributed by atoms with Gasteiger partial charge in [0, 0.05) is 11.5 Å². The Morgan fingerprint density at radius 1 is 1.40 bits per heavy atom. The zero-order valence-corrected chi connectivity index (χ0v) is 12.2. The van der Waals surface area contributed by atoms with Crippen LogP contribution in [-0.2, 0) is 4.79 Å². The predicted molar refractivity (Wildman–Crippen MR) is 82.1 cm³/mol. The molecule has 0 aliphatic carbocycles. The number of anilines is 1. The van der Waals surface area contributed by atoms with Gasteiger partial charge >= 0.3 is 0 Å². The highest BCUT2D eigenvalue weighted by Gasteiger charge is 2.01. The van der Waals surface area contributed by atoms with Crippen LogP contribution in [0.5, 0.6) is 5.75 Å². The van der Waals surface area contributed by atoms with E-state index in [1.165, 1.54) is 17.4 Å². The fourth-order valence-corrected chi connectivity index (χ4v) is 2.26. The maximum Gasteiger partial charge on any atom is 0.250 e. The minimum absolute atomic E-state index is 0.187. The fourth-order valence-electron chi connectivity index (χ4n) is 1.57. The molecule has 2 rings (SSSR count). The van der Waals surface area contributed by atoms with Crippen molar-refractivity contribution in [2.75, 3.05) is 11.9 Å². The SMILES string of the molecule is CCOc1ccc(/C=C\C(=O)Nc2nc(C)cs2)cc1. The van der Waals surface area contributed by atoms with Gasteiger partial charge in [-0.05, 0) is 37.6 Å². The van der Waals surface area contributed by atoms with Gasteiger partial charge in [0.15, 0.2) is 5.13 Å². The Morgan fingerprint density at radius 3 is 2.75 bits per heavy atom. The summed E-state index contributed by atoms with van der Waals surface area (Å²) in [5.41, 5.74) is 1.85. The molecule has 5 heteroatoms. The summed E-state index contributed by atoms with van der Waals surface area (Å²) in [5, 5.41) is 5.23. The van der Waals surface area contributed by atoms with Gasteiger partial charge in [0.1, 0.15) is 5.75 Å². The Labute approximate surface area is 122 Å². The molecule has 0 radical (unpaired) electrons. The lowest BCUT2D eigenvalue weighted by Crippen LogP contribution is -2.07. The van der Waals surface area contributed by atoms with E-state index >= 15 is 0 Å². The highest BCUT2D eigenvalue weighted by Crippen LogP contribution is 2.15. The summed E-state index contributed by atoms with van der Waals surface area (Å²) in [5.74, 6) is 0.639. The van der Waals surface area contributed by atoms with E-state index < -0.39 is 0 Å². The summed E-state index contributed by atoms with van der Waals surface area (Å²) in [6, 6.07) is 7.57. The number of aromatic nitrogens is 1. The molecule has 104 valence electrons. The van der Waals surface area contributed by atoms with Crippen molar-refractivity contribution in [3.05, 3.63) is 47.0 Å². The van der Waals surface area contributed by atoms with Gasteiger partial charge in [0.25, 0.3) is 0 Å². The predicted octanol–water partition coefficient (Wildman–Crippen LogP) is 3.50. The molecule has 0 saturated heterocycles. The van der Waals surface area contributed by atoms with Crippen LogP contribution in [0.15, 0.2) is 35.7 Å². The summed E-state index contributed by atoms with van der Waals surface area (Å²) >= 11 is 1.41. The van der Waals surface area contributed by atoms with Crippen LogP contribution >= 0.6 is 11.3 Å². The van der Waals surface area contributed by atoms with E-state index in [9.17, 15) is 4.79 Å². The summed E-state index contributed by atoms with van der Waals surface area (Å²) in [4.78, 5) is 15.9. The third-order valence-corrected chi connectivity index (χ3v) is 3.34. The van der Waals surface area contributed by atoms with E-state index in [-0.39, 0.29) is 5.91 Å². The molecule has 0 unspecified atom stereocenters. The van der Waals surface area contributed by atoms with E-state index in [1.54, 1.807) is 6.08 Å². The molecule has 0 atom stereocenters. The van der Waals surface area contributed by atoms with E-state index in [1.807, 2.05) is 43.5 Å². The Hall–Kier alpha value is -2.14. The standard InChI is InChI=1S/C15H16N2O2S/c1-3-19-13-7-4-12(5-8-13)6-9-14(18)17-15-16-11(2)10-20-15/h4-10H,3H2,1-2H3,(H,16,17,18)/b9-6-. The normalized spacial score (nSPS) is 10.7. The quantitative estimate of drug-likeness (QED) is 0.857. The maximum absolute atomic E-state index is 11.7. The molecule has 0 aliphatic rings. The van der Waals surface area contributed by atoms with E-state index in [2.05, 4.69) is 10.3 Å². The zero-order chi connectivity index (χ0) is 14.4. The topological polar surface area (TPSA) is 51.2 Å². The maximum atomic E-state index is 11.7. The van der Waals surface area contributed by atoms with Gasteiger partial charge in [-0.15, -0.1) is 11.3 Å². The van der Waals surface area contributed by atoms with Crippen molar-refractivity contribution in [1.29, 1.82) is 0 Å². The van der Waals surface area contributed by atoms with Crippen molar-refractivity contribution in [3.8, 4) is 5.75 Å². The lowest BCUT2D eigenvalue weighted by molar-refractivity contribution is -0.111. The van der Waals surface area contributed by atoms with Crippen LogP contribution in [0, 0.1) is 6.92 Å². The first kappa shape index (κ1) is 14.3. The van der Waals surface area contributed by atoms with Gasteiger partial charge < -0.3 is 4.74 Å². The van der Waals surface area contributed by atoms with Crippen molar-refractivity contribution >= 4 is 28.5 Å². The second-order valence-electron chi connectivity index (χ2n) is 4.12. The molecular weight excluding hydrogens is 272 g/mol. The van der Waals surface area contributed by atoms with Crippen LogP contribution < -0.4 is 10.1 Å².